The molecule has 25 heavy (non-hydrogen) atoms. The lowest BCUT2D eigenvalue weighted by molar-refractivity contribution is -0.112. The van der Waals surface area contributed by atoms with Crippen LogP contribution in [0.3, 0.4) is 0 Å². The van der Waals surface area contributed by atoms with Crippen molar-refractivity contribution < 1.29 is 13.2 Å². The number of halogens is 1. The largest absolute Gasteiger partial charge is 0.373 e. The van der Waals surface area contributed by atoms with Crippen LogP contribution in [0.2, 0.25) is 5.02 Å². The van der Waals surface area contributed by atoms with Crippen molar-refractivity contribution >= 4 is 33.2 Å². The average molecular weight is 383 g/mol. The third-order valence-corrected chi connectivity index (χ3v) is 5.56. The zero-order valence-corrected chi connectivity index (χ0v) is 15.6. The first-order chi connectivity index (χ1) is 11.7. The molecule has 1 saturated heterocycles. The van der Waals surface area contributed by atoms with Gasteiger partial charge in [0, 0.05) is 43.1 Å². The highest BCUT2D eigenvalue weighted by atomic mass is 35.5. The molecule has 1 aliphatic rings. The van der Waals surface area contributed by atoms with Crippen molar-refractivity contribution in [1.82, 2.24) is 9.21 Å². The van der Waals surface area contributed by atoms with Crippen molar-refractivity contribution in [3.05, 3.63) is 40.6 Å². The van der Waals surface area contributed by atoms with Gasteiger partial charge in [-0.1, -0.05) is 17.7 Å². The molecule has 1 fully saturated rings. The average Bonchev–Trinajstić information content (AvgIpc) is 2.55. The first-order valence-corrected chi connectivity index (χ1v) is 9.82. The number of amides is 1. The summed E-state index contributed by atoms with van der Waals surface area (Å²) in [6.45, 7) is 3.33. The Morgan fingerprint density at radius 1 is 1.32 bits per heavy atom. The Balaban J connectivity index is 2.04. The Labute approximate surface area is 152 Å². The van der Waals surface area contributed by atoms with Gasteiger partial charge in [-0.25, -0.2) is 8.42 Å². The number of nitrogens with zero attached hydrogens (tertiary/aromatic N) is 3. The molecule has 0 aromatic heterocycles. The number of carbonyl (C=O) groups is 1. The van der Waals surface area contributed by atoms with Crippen LogP contribution in [0, 0.1) is 18.3 Å². The lowest BCUT2D eigenvalue weighted by Gasteiger charge is -2.32. The third-order valence-electron chi connectivity index (χ3n) is 3.85. The normalized spacial score (nSPS) is 16.4. The number of rotatable bonds is 4. The lowest BCUT2D eigenvalue weighted by atomic mass is 10.2. The van der Waals surface area contributed by atoms with E-state index >= 15 is 0 Å². The highest BCUT2D eigenvalue weighted by Crippen LogP contribution is 2.20. The molecule has 1 heterocycles. The standard InChI is InChI=1S/C16H19ClN4O3S/c1-12-3-4-14(9-15(12)17)19-16(22)13(10-18)11-20-5-7-21(8-6-20)25(2,23)24/h3-4,9,11H,5-8H2,1-2H3,(H,19,22)/b13-11-. The second-order valence-electron chi connectivity index (χ2n) is 5.77. The summed E-state index contributed by atoms with van der Waals surface area (Å²) >= 11 is 6.02. The molecule has 1 aromatic carbocycles. The summed E-state index contributed by atoms with van der Waals surface area (Å²) in [7, 11) is -3.22. The molecule has 1 N–H and O–H groups in total. The van der Waals surface area contributed by atoms with Gasteiger partial charge in [-0.15, -0.1) is 0 Å². The predicted octanol–water partition coefficient (Wildman–Crippen LogP) is 1.57. The van der Waals surface area contributed by atoms with Gasteiger partial charge in [0.25, 0.3) is 5.91 Å². The molecule has 0 spiro atoms. The summed E-state index contributed by atoms with van der Waals surface area (Å²) in [5, 5.41) is 12.4. The summed E-state index contributed by atoms with van der Waals surface area (Å²) < 4.78 is 24.4. The SMILES string of the molecule is Cc1ccc(NC(=O)/C(C#N)=C\N2CCN(S(C)(=O)=O)CC2)cc1Cl. The molecule has 0 saturated carbocycles. The lowest BCUT2D eigenvalue weighted by Crippen LogP contribution is -2.46. The number of nitrogens with one attached hydrogen (secondary N) is 1. The number of sulfonamides is 1. The maximum atomic E-state index is 12.3. The minimum atomic E-state index is -3.22. The summed E-state index contributed by atoms with van der Waals surface area (Å²) in [5.74, 6) is -0.534. The molecule has 2 rings (SSSR count). The Morgan fingerprint density at radius 3 is 2.48 bits per heavy atom. The number of piperazine rings is 1. The van der Waals surface area contributed by atoms with Gasteiger partial charge in [0.1, 0.15) is 11.6 Å². The van der Waals surface area contributed by atoms with Gasteiger partial charge >= 0.3 is 0 Å². The van der Waals surface area contributed by atoms with Gasteiger partial charge in [0.2, 0.25) is 10.0 Å². The second kappa shape index (κ2) is 7.87. The maximum Gasteiger partial charge on any atom is 0.267 e. The number of hydrogen-bond acceptors (Lipinski definition) is 5. The molecule has 1 aliphatic heterocycles. The summed E-state index contributed by atoms with van der Waals surface area (Å²) in [4.78, 5) is 14.0. The molecular formula is C16H19ClN4O3S. The highest BCUT2D eigenvalue weighted by molar-refractivity contribution is 7.88. The van der Waals surface area contributed by atoms with Crippen molar-refractivity contribution in [2.75, 3.05) is 37.8 Å². The van der Waals surface area contributed by atoms with E-state index in [1.54, 1.807) is 23.1 Å². The van der Waals surface area contributed by atoms with E-state index in [9.17, 15) is 18.5 Å². The van der Waals surface area contributed by atoms with Crippen LogP contribution < -0.4 is 5.32 Å². The van der Waals surface area contributed by atoms with E-state index in [0.717, 1.165) is 5.56 Å². The number of hydrogen-bond donors (Lipinski definition) is 1. The van der Waals surface area contributed by atoms with Crippen molar-refractivity contribution in [3.8, 4) is 6.07 Å². The van der Waals surface area contributed by atoms with E-state index in [1.165, 1.54) is 16.8 Å². The number of carbonyl (C=O) groups excluding carboxylic acids is 1. The Morgan fingerprint density at radius 2 is 1.96 bits per heavy atom. The Bertz CT molecular complexity index is 837. The van der Waals surface area contributed by atoms with E-state index in [4.69, 9.17) is 11.6 Å². The van der Waals surface area contributed by atoms with Gasteiger partial charge in [-0.05, 0) is 24.6 Å². The Kier molecular flexibility index (Phi) is 6.06. The minimum Gasteiger partial charge on any atom is -0.373 e. The van der Waals surface area contributed by atoms with Crippen LogP contribution in [-0.2, 0) is 14.8 Å². The van der Waals surface area contributed by atoms with Gasteiger partial charge in [-0.3, -0.25) is 4.79 Å². The molecular weight excluding hydrogens is 364 g/mol. The van der Waals surface area contributed by atoms with Crippen LogP contribution in [0.1, 0.15) is 5.56 Å². The molecule has 0 bridgehead atoms. The van der Waals surface area contributed by atoms with Crippen molar-refractivity contribution in [3.63, 3.8) is 0 Å². The number of aryl methyl sites for hydroxylation is 1. The molecule has 0 aliphatic carbocycles. The molecule has 0 radical (unpaired) electrons. The van der Waals surface area contributed by atoms with Crippen LogP contribution >= 0.6 is 11.6 Å². The van der Waals surface area contributed by atoms with Crippen LogP contribution in [-0.4, -0.2) is 56.0 Å². The summed E-state index contributed by atoms with van der Waals surface area (Å²) in [6, 6.07) is 6.98. The van der Waals surface area contributed by atoms with Crippen molar-refractivity contribution in [2.24, 2.45) is 0 Å². The first-order valence-electron chi connectivity index (χ1n) is 7.59. The van der Waals surface area contributed by atoms with Crippen LogP contribution in [0.5, 0.6) is 0 Å². The van der Waals surface area contributed by atoms with E-state index in [2.05, 4.69) is 5.32 Å². The van der Waals surface area contributed by atoms with Gasteiger partial charge in [0.15, 0.2) is 0 Å². The van der Waals surface area contributed by atoms with Crippen molar-refractivity contribution in [1.29, 1.82) is 5.26 Å². The van der Waals surface area contributed by atoms with E-state index < -0.39 is 15.9 Å². The fourth-order valence-corrected chi connectivity index (χ4v) is 3.36. The van der Waals surface area contributed by atoms with Crippen LogP contribution in [0.25, 0.3) is 0 Å². The predicted molar refractivity (Wildman–Crippen MR) is 96.5 cm³/mol. The third kappa shape index (κ3) is 5.19. The summed E-state index contributed by atoms with van der Waals surface area (Å²) in [5.41, 5.74) is 1.34. The number of benzene rings is 1. The first kappa shape index (κ1) is 19.2. The molecule has 1 amide bonds. The second-order valence-corrected chi connectivity index (χ2v) is 8.16. The fourth-order valence-electron chi connectivity index (χ4n) is 2.35. The quantitative estimate of drug-likeness (QED) is 0.630. The number of nitriles is 1. The smallest absolute Gasteiger partial charge is 0.267 e. The maximum absolute atomic E-state index is 12.3. The van der Waals surface area contributed by atoms with Crippen LogP contribution in [0.4, 0.5) is 5.69 Å². The molecule has 134 valence electrons. The van der Waals surface area contributed by atoms with Gasteiger partial charge in [-0.2, -0.15) is 9.57 Å². The minimum absolute atomic E-state index is 0.0514. The van der Waals surface area contributed by atoms with E-state index in [0.29, 0.717) is 36.9 Å². The van der Waals surface area contributed by atoms with Gasteiger partial charge in [0.05, 0.1) is 6.26 Å². The zero-order chi connectivity index (χ0) is 18.6. The molecule has 9 heteroatoms. The molecule has 0 unspecified atom stereocenters. The van der Waals surface area contributed by atoms with Gasteiger partial charge < -0.3 is 10.2 Å². The molecule has 0 atom stereocenters. The van der Waals surface area contributed by atoms with E-state index in [-0.39, 0.29) is 5.57 Å². The fraction of sp³-hybridized carbons (Fsp3) is 0.375. The Hall–Kier alpha value is -2.08. The van der Waals surface area contributed by atoms with Crippen molar-refractivity contribution in [2.45, 2.75) is 6.92 Å². The molecule has 7 nitrogen and oxygen atoms in total. The zero-order valence-electron chi connectivity index (χ0n) is 14.0. The topological polar surface area (TPSA) is 93.5 Å². The van der Waals surface area contributed by atoms with Crippen LogP contribution in [0.15, 0.2) is 30.0 Å². The monoisotopic (exact) mass is 382 g/mol. The summed E-state index contributed by atoms with van der Waals surface area (Å²) in [6.07, 6.45) is 2.63. The molecule has 1 aromatic rings. The van der Waals surface area contributed by atoms with E-state index in [1.807, 2.05) is 13.0 Å². The highest BCUT2D eigenvalue weighted by Gasteiger charge is 2.23. The number of anilines is 1.